The van der Waals surface area contributed by atoms with Crippen molar-refractivity contribution in [1.29, 1.82) is 0 Å². The van der Waals surface area contributed by atoms with Crippen molar-refractivity contribution >= 4 is 40.7 Å². The number of fused-ring (bicyclic) bond motifs is 4. The molecule has 2 aliphatic heterocycles. The molecule has 4 nitrogen and oxygen atoms in total. The summed E-state index contributed by atoms with van der Waals surface area (Å²) in [5, 5.41) is 0. The summed E-state index contributed by atoms with van der Waals surface area (Å²) in [4.78, 5) is 16.8. The van der Waals surface area contributed by atoms with Crippen LogP contribution < -0.4 is 9.64 Å². The zero-order valence-electron chi connectivity index (χ0n) is 23.7. The summed E-state index contributed by atoms with van der Waals surface area (Å²) >= 11 is 3.55. The maximum atomic E-state index is 6.65. The Hall–Kier alpha value is -4.52. The van der Waals surface area contributed by atoms with Crippen LogP contribution in [0.3, 0.4) is 0 Å². The number of para-hydroxylation sites is 2. The minimum atomic E-state index is -0.164. The second-order valence-electron chi connectivity index (χ2n) is 11.1. The summed E-state index contributed by atoms with van der Waals surface area (Å²) in [6.07, 6.45) is 3.73. The third kappa shape index (κ3) is 4.41. The molecule has 43 heavy (non-hydrogen) atoms. The minimum absolute atomic E-state index is 0.164. The largest absolute Gasteiger partial charge is 0.453 e. The third-order valence-corrected chi connectivity index (χ3v) is 10.4. The highest BCUT2D eigenvalue weighted by molar-refractivity contribution is 8.00. The molecule has 0 saturated heterocycles. The molecule has 2 aliphatic rings. The van der Waals surface area contributed by atoms with Gasteiger partial charge in [-0.3, -0.25) is 9.88 Å². The lowest BCUT2D eigenvalue weighted by Crippen LogP contribution is -2.25. The van der Waals surface area contributed by atoms with Crippen molar-refractivity contribution in [1.82, 2.24) is 9.97 Å². The van der Waals surface area contributed by atoms with E-state index in [9.17, 15) is 0 Å². The molecule has 8 rings (SSSR count). The van der Waals surface area contributed by atoms with Crippen molar-refractivity contribution < 1.29 is 4.74 Å². The van der Waals surface area contributed by atoms with Crippen LogP contribution in [0.15, 0.2) is 147 Å². The predicted octanol–water partition coefficient (Wildman–Crippen LogP) is 10.7. The van der Waals surface area contributed by atoms with Gasteiger partial charge in [-0.1, -0.05) is 116 Å². The van der Waals surface area contributed by atoms with Gasteiger partial charge in [0, 0.05) is 20.8 Å². The Balaban J connectivity index is 1.33. The lowest BCUT2D eigenvalue weighted by molar-refractivity contribution is 0.455. The summed E-state index contributed by atoms with van der Waals surface area (Å²) in [6.45, 7) is 4.63. The van der Waals surface area contributed by atoms with Crippen LogP contribution in [0.4, 0.5) is 17.2 Å². The van der Waals surface area contributed by atoms with E-state index >= 15 is 0 Å². The number of aromatic nitrogens is 2. The Morgan fingerprint density at radius 2 is 1.30 bits per heavy atom. The van der Waals surface area contributed by atoms with Gasteiger partial charge in [-0.25, -0.2) is 4.98 Å². The number of anilines is 3. The van der Waals surface area contributed by atoms with Gasteiger partial charge in [0.05, 0.1) is 39.3 Å². The lowest BCUT2D eigenvalue weighted by atomic mass is 9.77. The predicted molar refractivity (Wildman–Crippen MR) is 175 cm³/mol. The van der Waals surface area contributed by atoms with Gasteiger partial charge in [0.25, 0.3) is 0 Å². The molecule has 3 heterocycles. The molecule has 0 fully saturated rings. The summed E-state index contributed by atoms with van der Waals surface area (Å²) in [7, 11) is 0. The standard InChI is InChI=1S/C37H27N3OS2/c1-37(2)25-14-6-8-19-31(25)43-36-26(37)15-10-17-29(36)40(34-23-38-27(22-39-34)24-12-4-3-5-13-24)28-16-11-21-33-35(28)41-30-18-7-9-20-32(30)42-33/h3-23H,1-2H3. The van der Waals surface area contributed by atoms with E-state index in [1.165, 1.54) is 20.9 Å². The van der Waals surface area contributed by atoms with Crippen LogP contribution in [0.2, 0.25) is 0 Å². The third-order valence-electron chi connectivity index (χ3n) is 8.10. The fraction of sp³-hybridized carbons (Fsp3) is 0.0811. The van der Waals surface area contributed by atoms with Gasteiger partial charge in [0.2, 0.25) is 0 Å². The number of benzene rings is 5. The Kier molecular flexibility index (Phi) is 6.28. The molecule has 6 heteroatoms. The second-order valence-corrected chi connectivity index (χ2v) is 13.2. The smallest absolute Gasteiger partial charge is 0.165 e. The van der Waals surface area contributed by atoms with Crippen LogP contribution in [-0.2, 0) is 5.41 Å². The number of nitrogens with zero attached hydrogens (tertiary/aromatic N) is 3. The average molecular weight is 594 g/mol. The zero-order valence-corrected chi connectivity index (χ0v) is 25.3. The van der Waals surface area contributed by atoms with Gasteiger partial charge in [0.1, 0.15) is 5.75 Å². The average Bonchev–Trinajstić information content (AvgIpc) is 3.05. The van der Waals surface area contributed by atoms with Crippen molar-refractivity contribution in [2.45, 2.75) is 38.8 Å². The van der Waals surface area contributed by atoms with Gasteiger partial charge in [-0.15, -0.1) is 0 Å². The maximum Gasteiger partial charge on any atom is 0.165 e. The molecule has 208 valence electrons. The van der Waals surface area contributed by atoms with E-state index in [0.29, 0.717) is 0 Å². The van der Waals surface area contributed by atoms with Crippen molar-refractivity contribution in [3.05, 3.63) is 139 Å². The van der Waals surface area contributed by atoms with E-state index in [1.54, 1.807) is 11.8 Å². The molecule has 0 spiro atoms. The first kappa shape index (κ1) is 26.1. The molecular weight excluding hydrogens is 567 g/mol. The molecule has 0 atom stereocenters. The fourth-order valence-corrected chi connectivity index (χ4v) is 8.39. The normalized spacial score (nSPS) is 14.0. The van der Waals surface area contributed by atoms with Gasteiger partial charge < -0.3 is 4.74 Å². The van der Waals surface area contributed by atoms with Crippen LogP contribution in [0, 0.1) is 0 Å². The summed E-state index contributed by atoms with van der Waals surface area (Å²) in [5.41, 5.74) is 6.31. The molecule has 0 saturated carbocycles. The van der Waals surface area contributed by atoms with Gasteiger partial charge in [-0.05, 0) is 47.5 Å². The lowest BCUT2D eigenvalue weighted by Gasteiger charge is -2.37. The van der Waals surface area contributed by atoms with E-state index in [1.807, 2.05) is 60.6 Å². The Bertz CT molecular complexity index is 1990. The minimum Gasteiger partial charge on any atom is -0.453 e. The van der Waals surface area contributed by atoms with Gasteiger partial charge in [0.15, 0.2) is 11.6 Å². The molecule has 6 aromatic rings. The van der Waals surface area contributed by atoms with E-state index in [0.717, 1.165) is 49.7 Å². The van der Waals surface area contributed by atoms with E-state index in [2.05, 4.69) is 97.6 Å². The van der Waals surface area contributed by atoms with E-state index < -0.39 is 0 Å². The van der Waals surface area contributed by atoms with Crippen molar-refractivity contribution in [2.75, 3.05) is 4.90 Å². The Labute approximate surface area is 259 Å². The van der Waals surface area contributed by atoms with Crippen molar-refractivity contribution in [3.63, 3.8) is 0 Å². The highest BCUT2D eigenvalue weighted by atomic mass is 32.2. The first-order valence-electron chi connectivity index (χ1n) is 14.2. The molecule has 0 radical (unpaired) electrons. The van der Waals surface area contributed by atoms with Crippen LogP contribution in [0.25, 0.3) is 11.3 Å². The molecule has 0 bridgehead atoms. The van der Waals surface area contributed by atoms with E-state index in [4.69, 9.17) is 14.7 Å². The first-order valence-corrected chi connectivity index (χ1v) is 15.9. The second kappa shape index (κ2) is 10.3. The first-order chi connectivity index (χ1) is 21.1. The summed E-state index contributed by atoms with van der Waals surface area (Å²) in [5.74, 6) is 2.40. The number of hydrogen-bond donors (Lipinski definition) is 0. The van der Waals surface area contributed by atoms with Crippen LogP contribution in [0.1, 0.15) is 25.0 Å². The molecule has 0 amide bonds. The SMILES string of the molecule is CC1(C)c2ccccc2Sc2c(N(c3cnc(-c4ccccc4)cn3)c3cccc4c3Oc3ccccc3S4)cccc21. The molecule has 5 aromatic carbocycles. The number of ether oxygens (including phenoxy) is 1. The molecule has 0 aliphatic carbocycles. The van der Waals surface area contributed by atoms with Crippen LogP contribution in [-0.4, -0.2) is 9.97 Å². The number of rotatable bonds is 4. The van der Waals surface area contributed by atoms with Gasteiger partial charge in [-0.2, -0.15) is 0 Å². The highest BCUT2D eigenvalue weighted by Gasteiger charge is 2.36. The topological polar surface area (TPSA) is 38.2 Å². The van der Waals surface area contributed by atoms with Crippen molar-refractivity contribution in [3.8, 4) is 22.8 Å². The number of hydrogen-bond acceptors (Lipinski definition) is 6. The van der Waals surface area contributed by atoms with Crippen molar-refractivity contribution in [2.24, 2.45) is 0 Å². The Morgan fingerprint density at radius 3 is 2.14 bits per heavy atom. The van der Waals surface area contributed by atoms with E-state index in [-0.39, 0.29) is 5.41 Å². The molecular formula is C37H27N3OS2. The zero-order chi connectivity index (χ0) is 29.0. The maximum absolute atomic E-state index is 6.65. The fourth-order valence-electron chi connectivity index (χ4n) is 5.91. The molecule has 1 aromatic heterocycles. The monoisotopic (exact) mass is 593 g/mol. The van der Waals surface area contributed by atoms with Gasteiger partial charge >= 0.3 is 0 Å². The highest BCUT2D eigenvalue weighted by Crippen LogP contribution is 2.57. The Morgan fingerprint density at radius 1 is 0.605 bits per heavy atom. The summed E-state index contributed by atoms with van der Waals surface area (Å²) < 4.78 is 6.65. The molecule has 0 unspecified atom stereocenters. The summed E-state index contributed by atoms with van der Waals surface area (Å²) in [6, 6.07) is 40.0. The molecule has 0 N–H and O–H groups in total. The van der Waals surface area contributed by atoms with Crippen LogP contribution in [0.5, 0.6) is 11.5 Å². The quantitative estimate of drug-likeness (QED) is 0.202. The van der Waals surface area contributed by atoms with Crippen LogP contribution >= 0.6 is 23.5 Å².